The van der Waals surface area contributed by atoms with Gasteiger partial charge in [0.05, 0.1) is 0 Å². The zero-order valence-electron chi connectivity index (χ0n) is 30.0. The number of allylic oxidation sites excluding steroid dienone is 7. The van der Waals surface area contributed by atoms with E-state index in [0.717, 1.165) is 38.5 Å². The molecule has 0 saturated carbocycles. The molecule has 12 rings (SSSR count). The molecular formula is C52H44. The predicted molar refractivity (Wildman–Crippen MR) is 220 cm³/mol. The fourth-order valence-corrected chi connectivity index (χ4v) is 11.6. The SMILES string of the molecule is C1=CC2=C(C=C(c3ccc4ccc5c6c4c3=CCC6CCC=5c3ccc4ccc5c6c4c3=CCC6CCC=5c3ccc4c(c3)CCC=C4)CC2)CC1. The first-order valence-electron chi connectivity index (χ1n) is 20.2. The predicted octanol–water partition coefficient (Wildman–Crippen LogP) is 10.3. The van der Waals surface area contributed by atoms with Gasteiger partial charge in [-0.1, -0.05) is 109 Å². The van der Waals surface area contributed by atoms with E-state index in [1.54, 1.807) is 49.8 Å². The van der Waals surface area contributed by atoms with Gasteiger partial charge in [-0.25, -0.2) is 0 Å². The third-order valence-electron chi connectivity index (χ3n) is 14.1. The second-order valence-electron chi connectivity index (χ2n) is 16.6. The molecule has 0 heterocycles. The topological polar surface area (TPSA) is 0 Å². The van der Waals surface area contributed by atoms with Crippen LogP contribution in [0.25, 0.3) is 56.5 Å². The summed E-state index contributed by atoms with van der Waals surface area (Å²) in [6.45, 7) is 0. The molecular weight excluding hydrogens is 625 g/mol. The van der Waals surface area contributed by atoms with Crippen LogP contribution in [-0.4, -0.2) is 0 Å². The summed E-state index contributed by atoms with van der Waals surface area (Å²) in [7, 11) is 0. The third-order valence-corrected chi connectivity index (χ3v) is 14.1. The van der Waals surface area contributed by atoms with E-state index in [2.05, 4.69) is 109 Å². The fraction of sp³-hybridized carbons (Fsp3) is 0.269. The van der Waals surface area contributed by atoms with Crippen molar-refractivity contribution in [3.8, 4) is 0 Å². The van der Waals surface area contributed by atoms with Crippen LogP contribution in [0, 0.1) is 0 Å². The lowest BCUT2D eigenvalue weighted by atomic mass is 9.72. The van der Waals surface area contributed by atoms with Gasteiger partial charge >= 0.3 is 0 Å². The Morgan fingerprint density at radius 1 is 0.519 bits per heavy atom. The van der Waals surface area contributed by atoms with Crippen LogP contribution in [0.2, 0.25) is 0 Å². The monoisotopic (exact) mass is 668 g/mol. The van der Waals surface area contributed by atoms with Crippen LogP contribution in [0.15, 0.2) is 102 Å². The van der Waals surface area contributed by atoms with Crippen LogP contribution in [0.4, 0.5) is 0 Å². The van der Waals surface area contributed by atoms with E-state index in [0.29, 0.717) is 11.8 Å². The lowest BCUT2D eigenvalue weighted by Gasteiger charge is -2.32. The van der Waals surface area contributed by atoms with Crippen LogP contribution < -0.4 is 20.9 Å². The Labute approximate surface area is 306 Å². The second-order valence-corrected chi connectivity index (χ2v) is 16.6. The van der Waals surface area contributed by atoms with E-state index in [1.807, 2.05) is 0 Å². The molecule has 0 N–H and O–H groups in total. The van der Waals surface area contributed by atoms with Crippen molar-refractivity contribution in [3.63, 3.8) is 0 Å². The van der Waals surface area contributed by atoms with Gasteiger partial charge in [0.25, 0.3) is 0 Å². The Bertz CT molecular complexity index is 2840. The van der Waals surface area contributed by atoms with E-state index < -0.39 is 0 Å². The third kappa shape index (κ3) is 4.27. The average Bonchev–Trinajstić information content (AvgIpc) is 3.21. The van der Waals surface area contributed by atoms with Gasteiger partial charge < -0.3 is 0 Å². The summed E-state index contributed by atoms with van der Waals surface area (Å²) in [5.41, 5.74) is 18.5. The Morgan fingerprint density at radius 3 is 2.00 bits per heavy atom. The molecule has 7 aliphatic rings. The Balaban J connectivity index is 1.08. The standard InChI is InChI=1S/C52H44/c1-3-7-37-29-39(11-9-31(37)5-1)41-21-13-33-19-27-47-43(23-15-35-17-25-45(41)49(33)51(35)47)44-24-16-36-18-26-46-42(22-14-34-20-28-48(44)52(36)50(34)46)40-12-10-32-6-2-4-8-38(32)30-40/h1-2,5-6,9,11,14-15,17,20,22-23,25-30,33,36H,3-4,7-8,10,12-13,16,18-19,21,24H2. The number of rotatable bonds is 3. The van der Waals surface area contributed by atoms with Crippen LogP contribution in [-0.2, 0) is 6.42 Å². The fourth-order valence-electron chi connectivity index (χ4n) is 11.6. The van der Waals surface area contributed by atoms with Crippen molar-refractivity contribution < 1.29 is 0 Å². The molecule has 0 bridgehead atoms. The van der Waals surface area contributed by atoms with E-state index in [1.165, 1.54) is 98.0 Å². The number of benzene rings is 5. The zero-order valence-corrected chi connectivity index (χ0v) is 30.0. The van der Waals surface area contributed by atoms with Crippen molar-refractivity contribution in [2.24, 2.45) is 0 Å². The maximum absolute atomic E-state index is 2.64. The molecule has 0 aliphatic heterocycles. The Kier molecular flexibility index (Phi) is 6.42. The normalized spacial score (nSPS) is 22.2. The Morgan fingerprint density at radius 2 is 1.19 bits per heavy atom. The van der Waals surface area contributed by atoms with E-state index in [9.17, 15) is 0 Å². The summed E-state index contributed by atoms with van der Waals surface area (Å²) < 4.78 is 0. The van der Waals surface area contributed by atoms with Gasteiger partial charge in [0.1, 0.15) is 0 Å². The van der Waals surface area contributed by atoms with E-state index in [-0.39, 0.29) is 0 Å². The molecule has 0 saturated heterocycles. The summed E-state index contributed by atoms with van der Waals surface area (Å²) in [6, 6.07) is 26.9. The molecule has 52 heavy (non-hydrogen) atoms. The minimum Gasteiger partial charge on any atom is -0.0839 e. The zero-order chi connectivity index (χ0) is 33.9. The summed E-state index contributed by atoms with van der Waals surface area (Å²) >= 11 is 0. The highest BCUT2D eigenvalue weighted by atomic mass is 14.3. The number of hydrogen-bond acceptors (Lipinski definition) is 0. The summed E-state index contributed by atoms with van der Waals surface area (Å²) in [4.78, 5) is 0. The van der Waals surface area contributed by atoms with Crippen molar-refractivity contribution >= 4 is 56.5 Å². The van der Waals surface area contributed by atoms with Crippen molar-refractivity contribution in [2.75, 3.05) is 0 Å². The molecule has 0 aromatic heterocycles. The van der Waals surface area contributed by atoms with Crippen LogP contribution in [0.1, 0.15) is 121 Å². The lowest BCUT2D eigenvalue weighted by molar-refractivity contribution is 0.636. The van der Waals surface area contributed by atoms with Crippen molar-refractivity contribution in [2.45, 2.75) is 88.9 Å². The second kappa shape index (κ2) is 11.3. The molecule has 0 heteroatoms. The van der Waals surface area contributed by atoms with Gasteiger partial charge in [-0.05, 0) is 198 Å². The van der Waals surface area contributed by atoms with E-state index in [4.69, 9.17) is 0 Å². The molecule has 5 aromatic rings. The molecule has 2 unspecified atom stereocenters. The molecule has 0 spiro atoms. The molecule has 2 atom stereocenters. The van der Waals surface area contributed by atoms with Crippen molar-refractivity contribution in [3.05, 3.63) is 162 Å². The largest absolute Gasteiger partial charge is 0.0839 e. The molecule has 0 radical (unpaired) electrons. The molecule has 7 aliphatic carbocycles. The van der Waals surface area contributed by atoms with Gasteiger partial charge in [0, 0.05) is 0 Å². The summed E-state index contributed by atoms with van der Waals surface area (Å²) in [5, 5.41) is 12.0. The van der Waals surface area contributed by atoms with Gasteiger partial charge in [-0.3, -0.25) is 0 Å². The molecule has 5 aromatic carbocycles. The van der Waals surface area contributed by atoms with Gasteiger partial charge in [-0.2, -0.15) is 0 Å². The average molecular weight is 669 g/mol. The van der Waals surface area contributed by atoms with Crippen LogP contribution in [0.3, 0.4) is 0 Å². The van der Waals surface area contributed by atoms with Crippen molar-refractivity contribution in [1.29, 1.82) is 0 Å². The first kappa shape index (κ1) is 29.6. The first-order valence-corrected chi connectivity index (χ1v) is 20.2. The van der Waals surface area contributed by atoms with Crippen LogP contribution in [0.5, 0.6) is 0 Å². The smallest absolute Gasteiger partial charge is 0.00674 e. The summed E-state index contributed by atoms with van der Waals surface area (Å²) in [6.07, 6.45) is 31.4. The minimum absolute atomic E-state index is 0.616. The number of aryl methyl sites for hydroxylation is 1. The molecule has 0 amide bonds. The molecule has 252 valence electrons. The minimum atomic E-state index is 0.616. The highest BCUT2D eigenvalue weighted by Gasteiger charge is 2.30. The maximum Gasteiger partial charge on any atom is -0.00674 e. The van der Waals surface area contributed by atoms with Gasteiger partial charge in [-0.15, -0.1) is 0 Å². The maximum atomic E-state index is 2.64. The summed E-state index contributed by atoms with van der Waals surface area (Å²) in [5.74, 6) is 1.24. The lowest BCUT2D eigenvalue weighted by Crippen LogP contribution is -2.32. The molecule has 0 fully saturated rings. The van der Waals surface area contributed by atoms with Gasteiger partial charge in [0.2, 0.25) is 0 Å². The van der Waals surface area contributed by atoms with Crippen molar-refractivity contribution in [1.82, 2.24) is 0 Å². The first-order chi connectivity index (χ1) is 25.8. The number of hydrogen-bond donors (Lipinski definition) is 0. The number of fused-ring (bicyclic) bond motifs is 1. The Hall–Kier alpha value is -4.94. The molecule has 0 nitrogen and oxygen atoms in total. The quantitative estimate of drug-likeness (QED) is 0.180. The van der Waals surface area contributed by atoms with Gasteiger partial charge in [0.15, 0.2) is 0 Å². The highest BCUT2D eigenvalue weighted by molar-refractivity contribution is 5.96. The van der Waals surface area contributed by atoms with Crippen LogP contribution >= 0.6 is 0 Å². The highest BCUT2D eigenvalue weighted by Crippen LogP contribution is 2.42. The van der Waals surface area contributed by atoms with E-state index >= 15 is 0 Å².